The molecule has 1 aliphatic heterocycles. The maximum absolute atomic E-state index is 11.4. The van der Waals surface area contributed by atoms with Crippen molar-refractivity contribution in [2.75, 3.05) is 13.1 Å². The molecule has 20 heavy (non-hydrogen) atoms. The molecule has 0 aliphatic carbocycles. The Kier molecular flexibility index (Phi) is 4.10. The molecule has 7 heteroatoms. The van der Waals surface area contributed by atoms with Gasteiger partial charge < -0.3 is 10.4 Å². The smallest absolute Gasteiger partial charge is 0.322 e. The summed E-state index contributed by atoms with van der Waals surface area (Å²) in [4.78, 5) is 28.9. The van der Waals surface area contributed by atoms with Crippen LogP contribution in [-0.2, 0) is 21.5 Å². The molecule has 0 aromatic carbocycles. The number of carboxylic acids is 1. The van der Waals surface area contributed by atoms with Gasteiger partial charge in [-0.25, -0.2) is 4.98 Å². The molecule has 0 bridgehead atoms. The van der Waals surface area contributed by atoms with Crippen molar-refractivity contribution in [3.63, 3.8) is 0 Å². The highest BCUT2D eigenvalue weighted by Crippen LogP contribution is 2.26. The van der Waals surface area contributed by atoms with Crippen molar-refractivity contribution in [1.82, 2.24) is 15.2 Å². The molecule has 6 nitrogen and oxygen atoms in total. The van der Waals surface area contributed by atoms with Gasteiger partial charge in [-0.3, -0.25) is 14.5 Å². The van der Waals surface area contributed by atoms with Gasteiger partial charge in [0.15, 0.2) is 0 Å². The summed E-state index contributed by atoms with van der Waals surface area (Å²) in [5.74, 6) is -1.06. The van der Waals surface area contributed by atoms with E-state index in [0.29, 0.717) is 6.54 Å². The monoisotopic (exact) mass is 297 g/mol. The first-order valence-corrected chi connectivity index (χ1v) is 7.34. The van der Waals surface area contributed by atoms with E-state index < -0.39 is 12.0 Å². The van der Waals surface area contributed by atoms with E-state index in [4.69, 9.17) is 0 Å². The fourth-order valence-electron chi connectivity index (χ4n) is 2.03. The zero-order valence-corrected chi connectivity index (χ0v) is 12.7. The number of rotatable bonds is 3. The minimum Gasteiger partial charge on any atom is -0.480 e. The third-order valence-electron chi connectivity index (χ3n) is 3.12. The van der Waals surface area contributed by atoms with Crippen LogP contribution in [0, 0.1) is 0 Å². The van der Waals surface area contributed by atoms with Crippen LogP contribution >= 0.6 is 11.3 Å². The van der Waals surface area contributed by atoms with Crippen molar-refractivity contribution < 1.29 is 14.7 Å². The van der Waals surface area contributed by atoms with Crippen LogP contribution in [0.15, 0.2) is 5.38 Å². The number of amides is 1. The molecule has 2 rings (SSSR count). The van der Waals surface area contributed by atoms with Crippen LogP contribution in [-0.4, -0.2) is 46.0 Å². The summed E-state index contributed by atoms with van der Waals surface area (Å²) in [7, 11) is 0. The SMILES string of the molecule is CC(C)(C)c1nc(CN2CC(=O)NCC2C(=O)O)cs1. The van der Waals surface area contributed by atoms with Crippen LogP contribution in [0.4, 0.5) is 0 Å². The summed E-state index contributed by atoms with van der Waals surface area (Å²) in [5, 5.41) is 14.7. The van der Waals surface area contributed by atoms with E-state index in [2.05, 4.69) is 31.1 Å². The summed E-state index contributed by atoms with van der Waals surface area (Å²) in [5.41, 5.74) is 0.801. The highest BCUT2D eigenvalue weighted by atomic mass is 32.1. The molecule has 0 saturated carbocycles. The number of carbonyl (C=O) groups is 2. The summed E-state index contributed by atoms with van der Waals surface area (Å²) < 4.78 is 0. The van der Waals surface area contributed by atoms with Crippen molar-refractivity contribution in [3.8, 4) is 0 Å². The minimum absolute atomic E-state index is 0.0195. The zero-order valence-electron chi connectivity index (χ0n) is 11.8. The second-order valence-electron chi connectivity index (χ2n) is 5.96. The zero-order chi connectivity index (χ0) is 14.9. The second-order valence-corrected chi connectivity index (χ2v) is 6.82. The molecule has 1 amide bonds. The largest absolute Gasteiger partial charge is 0.480 e. The van der Waals surface area contributed by atoms with Gasteiger partial charge in [0.05, 0.1) is 17.2 Å². The second kappa shape index (κ2) is 5.49. The Morgan fingerprint density at radius 1 is 1.60 bits per heavy atom. The minimum atomic E-state index is -0.920. The highest BCUT2D eigenvalue weighted by Gasteiger charge is 2.32. The average molecular weight is 297 g/mol. The topological polar surface area (TPSA) is 82.5 Å². The van der Waals surface area contributed by atoms with E-state index in [0.717, 1.165) is 10.7 Å². The molecular formula is C13H19N3O3S. The third kappa shape index (κ3) is 3.34. The van der Waals surface area contributed by atoms with Crippen molar-refractivity contribution in [1.29, 1.82) is 0 Å². The lowest BCUT2D eigenvalue weighted by Gasteiger charge is -2.32. The number of thiazole rings is 1. The van der Waals surface area contributed by atoms with Gasteiger partial charge >= 0.3 is 5.97 Å². The lowest BCUT2D eigenvalue weighted by Crippen LogP contribution is -2.56. The van der Waals surface area contributed by atoms with E-state index in [9.17, 15) is 14.7 Å². The van der Waals surface area contributed by atoms with Crippen LogP contribution in [0.5, 0.6) is 0 Å². The molecule has 2 N–H and O–H groups in total. The summed E-state index contributed by atoms with van der Waals surface area (Å²) in [6.07, 6.45) is 0. The molecule has 0 radical (unpaired) electrons. The Bertz CT molecular complexity index is 521. The fraction of sp³-hybridized carbons (Fsp3) is 0.615. The molecule has 110 valence electrons. The molecule has 0 spiro atoms. The number of carbonyl (C=O) groups excluding carboxylic acids is 1. The summed E-state index contributed by atoms with van der Waals surface area (Å²) >= 11 is 1.57. The van der Waals surface area contributed by atoms with Crippen LogP contribution in [0.1, 0.15) is 31.5 Å². The predicted molar refractivity (Wildman–Crippen MR) is 75.7 cm³/mol. The van der Waals surface area contributed by atoms with Crippen LogP contribution < -0.4 is 5.32 Å². The maximum Gasteiger partial charge on any atom is 0.322 e. The lowest BCUT2D eigenvalue weighted by atomic mass is 9.98. The predicted octanol–water partition coefficient (Wildman–Crippen LogP) is 0.826. The van der Waals surface area contributed by atoms with E-state index in [-0.39, 0.29) is 24.4 Å². The molecule has 1 saturated heterocycles. The molecule has 1 aromatic rings. The molecule has 1 unspecified atom stereocenters. The number of piperazine rings is 1. The van der Waals surface area contributed by atoms with Gasteiger partial charge in [0.2, 0.25) is 5.91 Å². The molecule has 1 aliphatic rings. The Balaban J connectivity index is 2.12. The quantitative estimate of drug-likeness (QED) is 0.863. The standard InChI is InChI=1S/C13H19N3O3S/c1-13(2,3)12-15-8(7-20-12)5-16-6-10(17)14-4-9(16)11(18)19/h7,9H,4-6H2,1-3H3,(H,14,17)(H,18,19). The lowest BCUT2D eigenvalue weighted by molar-refractivity contribution is -0.146. The number of aliphatic carboxylic acids is 1. The van der Waals surface area contributed by atoms with Gasteiger partial charge in [0.1, 0.15) is 6.04 Å². The number of nitrogens with zero attached hydrogens (tertiary/aromatic N) is 2. The van der Waals surface area contributed by atoms with Crippen LogP contribution in [0.3, 0.4) is 0 Å². The maximum atomic E-state index is 11.4. The Hall–Kier alpha value is -1.47. The van der Waals surface area contributed by atoms with E-state index in [1.54, 1.807) is 16.2 Å². The molecule has 1 fully saturated rings. The number of aromatic nitrogens is 1. The normalized spacial score (nSPS) is 20.8. The van der Waals surface area contributed by atoms with Crippen molar-refractivity contribution in [2.45, 2.75) is 38.8 Å². The molecule has 1 aromatic heterocycles. The Morgan fingerprint density at radius 3 is 2.85 bits per heavy atom. The molecule has 2 heterocycles. The van der Waals surface area contributed by atoms with E-state index in [1.165, 1.54) is 0 Å². The summed E-state index contributed by atoms with van der Waals surface area (Å²) in [6, 6.07) is -0.688. The highest BCUT2D eigenvalue weighted by molar-refractivity contribution is 7.09. The van der Waals surface area contributed by atoms with E-state index >= 15 is 0 Å². The van der Waals surface area contributed by atoms with Crippen LogP contribution in [0.25, 0.3) is 0 Å². The molecular weight excluding hydrogens is 278 g/mol. The van der Waals surface area contributed by atoms with Gasteiger partial charge in [0.25, 0.3) is 0 Å². The number of nitrogens with one attached hydrogen (secondary N) is 1. The van der Waals surface area contributed by atoms with E-state index in [1.807, 2.05) is 5.38 Å². The van der Waals surface area contributed by atoms with Gasteiger partial charge in [-0.05, 0) is 0 Å². The number of carboxylic acid groups (broad SMARTS) is 1. The fourth-order valence-corrected chi connectivity index (χ4v) is 2.93. The third-order valence-corrected chi connectivity index (χ3v) is 4.44. The number of hydrogen-bond acceptors (Lipinski definition) is 5. The average Bonchev–Trinajstić information content (AvgIpc) is 2.76. The van der Waals surface area contributed by atoms with Gasteiger partial charge in [0, 0.05) is 23.9 Å². The first kappa shape index (κ1) is 14.9. The molecule has 1 atom stereocenters. The number of hydrogen-bond donors (Lipinski definition) is 2. The Morgan fingerprint density at radius 2 is 2.30 bits per heavy atom. The van der Waals surface area contributed by atoms with Crippen LogP contribution in [0.2, 0.25) is 0 Å². The first-order valence-electron chi connectivity index (χ1n) is 6.46. The van der Waals surface area contributed by atoms with Crippen molar-refractivity contribution in [2.24, 2.45) is 0 Å². The first-order chi connectivity index (χ1) is 9.27. The van der Waals surface area contributed by atoms with Gasteiger partial charge in [-0.1, -0.05) is 20.8 Å². The van der Waals surface area contributed by atoms with Gasteiger partial charge in [-0.15, -0.1) is 11.3 Å². The van der Waals surface area contributed by atoms with Crippen molar-refractivity contribution >= 4 is 23.2 Å². The van der Waals surface area contributed by atoms with Crippen molar-refractivity contribution in [3.05, 3.63) is 16.1 Å². The Labute approximate surface area is 121 Å². The summed E-state index contributed by atoms with van der Waals surface area (Å²) in [6.45, 7) is 6.89. The van der Waals surface area contributed by atoms with Gasteiger partial charge in [-0.2, -0.15) is 0 Å².